The second-order valence-corrected chi connectivity index (χ2v) is 8.55. The van der Waals surface area contributed by atoms with E-state index in [1.165, 1.54) is 4.57 Å². The van der Waals surface area contributed by atoms with Gasteiger partial charge in [-0.25, -0.2) is 0 Å². The summed E-state index contributed by atoms with van der Waals surface area (Å²) in [7, 11) is 0. The van der Waals surface area contributed by atoms with Crippen LogP contribution in [0, 0.1) is 0 Å². The first kappa shape index (κ1) is 20.6. The monoisotopic (exact) mass is 403 g/mol. The second-order valence-electron chi connectivity index (χ2n) is 8.11. The van der Waals surface area contributed by atoms with Crippen molar-refractivity contribution in [3.05, 3.63) is 57.0 Å². The molecule has 1 atom stereocenters. The Morgan fingerprint density at radius 1 is 1.25 bits per heavy atom. The minimum atomic E-state index is -0.600. The molecular formula is C22H26ClNO4. The van der Waals surface area contributed by atoms with Gasteiger partial charge in [-0.3, -0.25) is 9.59 Å². The van der Waals surface area contributed by atoms with E-state index in [1.807, 2.05) is 18.2 Å². The van der Waals surface area contributed by atoms with Crippen LogP contribution >= 0.6 is 11.6 Å². The minimum Gasteiger partial charge on any atom is -0.459 e. The third kappa shape index (κ3) is 4.83. The number of benzene rings is 1. The summed E-state index contributed by atoms with van der Waals surface area (Å²) >= 11 is 6.23. The fourth-order valence-corrected chi connectivity index (χ4v) is 3.55. The number of ether oxygens (including phenoxy) is 2. The molecule has 2 aromatic rings. The quantitative estimate of drug-likeness (QED) is 0.714. The van der Waals surface area contributed by atoms with Crippen LogP contribution in [0.25, 0.3) is 11.1 Å². The highest BCUT2D eigenvalue weighted by molar-refractivity contribution is 6.30. The van der Waals surface area contributed by atoms with Crippen LogP contribution in [0.15, 0.2) is 35.3 Å². The first-order valence-corrected chi connectivity index (χ1v) is 9.89. The predicted octanol–water partition coefficient (Wildman–Crippen LogP) is 4.36. The Balaban J connectivity index is 2.03. The van der Waals surface area contributed by atoms with Gasteiger partial charge in [0.15, 0.2) is 0 Å². The lowest BCUT2D eigenvalue weighted by Crippen LogP contribution is -2.31. The van der Waals surface area contributed by atoms with Gasteiger partial charge in [-0.1, -0.05) is 24.6 Å². The normalized spacial score (nSPS) is 16.5. The van der Waals surface area contributed by atoms with Crippen molar-refractivity contribution >= 4 is 17.6 Å². The average molecular weight is 404 g/mol. The molecule has 0 radical (unpaired) electrons. The third-order valence-electron chi connectivity index (χ3n) is 4.67. The molecule has 1 aliphatic heterocycles. The van der Waals surface area contributed by atoms with E-state index < -0.39 is 11.6 Å². The Morgan fingerprint density at radius 3 is 2.64 bits per heavy atom. The van der Waals surface area contributed by atoms with Gasteiger partial charge in [-0.05, 0) is 62.4 Å². The molecule has 0 N–H and O–H groups in total. The molecule has 0 saturated carbocycles. The summed E-state index contributed by atoms with van der Waals surface area (Å²) in [6.45, 7) is 7.72. The van der Waals surface area contributed by atoms with Crippen molar-refractivity contribution in [3.63, 3.8) is 0 Å². The van der Waals surface area contributed by atoms with Gasteiger partial charge in [0.05, 0.1) is 12.7 Å². The van der Waals surface area contributed by atoms with Crippen molar-refractivity contribution < 1.29 is 14.3 Å². The number of rotatable bonds is 3. The first-order valence-electron chi connectivity index (χ1n) is 9.52. The van der Waals surface area contributed by atoms with Crippen molar-refractivity contribution in [2.45, 2.75) is 65.4 Å². The Labute approximate surface area is 170 Å². The zero-order valence-electron chi connectivity index (χ0n) is 16.8. The molecule has 6 heteroatoms. The molecule has 1 aliphatic rings. The number of carbonyl (C=O) groups excluding carboxylic acids is 1. The first-order chi connectivity index (χ1) is 13.2. The van der Waals surface area contributed by atoms with Gasteiger partial charge < -0.3 is 14.0 Å². The standard InChI is InChI=1S/C22H26ClNO4/c1-5-17-8-14-6-7-16(23)9-18(14)19-10-20(25)24(11-15(19)13-27-17)12-21(26)28-22(2,3)4/h6-7,9-11,17H,5,8,12-13H2,1-4H3/t17-/m1/s1. The Kier molecular flexibility index (Phi) is 5.96. The van der Waals surface area contributed by atoms with Crippen molar-refractivity contribution in [2.75, 3.05) is 0 Å². The Bertz CT molecular complexity index is 943. The summed E-state index contributed by atoms with van der Waals surface area (Å²) < 4.78 is 12.8. The number of hydrogen-bond acceptors (Lipinski definition) is 4. The Morgan fingerprint density at radius 2 is 1.96 bits per heavy atom. The summed E-state index contributed by atoms with van der Waals surface area (Å²) in [4.78, 5) is 24.9. The van der Waals surface area contributed by atoms with Crippen molar-refractivity contribution in [2.24, 2.45) is 0 Å². The number of hydrogen-bond donors (Lipinski definition) is 0. The van der Waals surface area contributed by atoms with Gasteiger partial charge >= 0.3 is 5.97 Å². The molecule has 28 heavy (non-hydrogen) atoms. The van der Waals surface area contributed by atoms with Crippen molar-refractivity contribution in [1.82, 2.24) is 4.57 Å². The third-order valence-corrected chi connectivity index (χ3v) is 4.90. The number of aromatic nitrogens is 1. The fraction of sp³-hybridized carbons (Fsp3) is 0.455. The number of fused-ring (bicyclic) bond motifs is 3. The summed E-state index contributed by atoms with van der Waals surface area (Å²) in [5.41, 5.74) is 2.84. The fourth-order valence-electron chi connectivity index (χ4n) is 3.37. The summed E-state index contributed by atoms with van der Waals surface area (Å²) in [6, 6.07) is 7.30. The molecule has 0 bridgehead atoms. The molecule has 1 aromatic heterocycles. The number of pyridine rings is 1. The maximum Gasteiger partial charge on any atom is 0.326 e. The van der Waals surface area contributed by atoms with Gasteiger partial charge in [0.25, 0.3) is 5.56 Å². The summed E-state index contributed by atoms with van der Waals surface area (Å²) in [5.74, 6) is -0.448. The minimum absolute atomic E-state index is 0.0827. The lowest BCUT2D eigenvalue weighted by atomic mass is 9.92. The highest BCUT2D eigenvalue weighted by atomic mass is 35.5. The van der Waals surface area contributed by atoms with Crippen molar-refractivity contribution in [3.8, 4) is 11.1 Å². The van der Waals surface area contributed by atoms with Crippen LogP contribution in [-0.2, 0) is 33.8 Å². The van der Waals surface area contributed by atoms with Crippen molar-refractivity contribution in [1.29, 1.82) is 0 Å². The number of nitrogens with zero attached hydrogens (tertiary/aromatic N) is 1. The molecule has 2 heterocycles. The van der Waals surface area contributed by atoms with Crippen LogP contribution in [0.3, 0.4) is 0 Å². The van der Waals surface area contributed by atoms with E-state index in [-0.39, 0.29) is 18.2 Å². The predicted molar refractivity (Wildman–Crippen MR) is 110 cm³/mol. The van der Waals surface area contributed by atoms with Gasteiger partial charge in [0.1, 0.15) is 12.1 Å². The van der Waals surface area contributed by atoms with E-state index in [0.29, 0.717) is 11.6 Å². The maximum atomic E-state index is 12.7. The van der Waals surface area contributed by atoms with E-state index in [0.717, 1.165) is 35.1 Å². The SMILES string of the molecule is CC[C@@H]1Cc2ccc(Cl)cc2-c2cc(=O)n(CC(=O)OC(C)(C)C)cc2CO1. The molecule has 0 saturated heterocycles. The van der Waals surface area contributed by atoms with E-state index in [4.69, 9.17) is 21.1 Å². The molecule has 150 valence electrons. The summed E-state index contributed by atoms with van der Waals surface area (Å²) in [5, 5.41) is 0.622. The molecule has 0 amide bonds. The van der Waals surface area contributed by atoms with Gasteiger partial charge in [0, 0.05) is 22.8 Å². The highest BCUT2D eigenvalue weighted by Crippen LogP contribution is 2.33. The van der Waals surface area contributed by atoms with E-state index in [1.54, 1.807) is 33.0 Å². The largest absolute Gasteiger partial charge is 0.459 e. The number of halogens is 1. The molecule has 5 nitrogen and oxygen atoms in total. The van der Waals surface area contributed by atoms with Crippen LogP contribution < -0.4 is 5.56 Å². The average Bonchev–Trinajstić information content (AvgIpc) is 2.58. The van der Waals surface area contributed by atoms with E-state index in [9.17, 15) is 9.59 Å². The lowest BCUT2D eigenvalue weighted by Gasteiger charge is -2.25. The lowest BCUT2D eigenvalue weighted by molar-refractivity contribution is -0.155. The van der Waals surface area contributed by atoms with Crippen LogP contribution in [0.2, 0.25) is 5.02 Å². The smallest absolute Gasteiger partial charge is 0.326 e. The number of esters is 1. The summed E-state index contributed by atoms with van der Waals surface area (Å²) in [6.07, 6.45) is 3.43. The molecule has 0 spiro atoms. The van der Waals surface area contributed by atoms with Gasteiger partial charge in [-0.15, -0.1) is 0 Å². The highest BCUT2D eigenvalue weighted by Gasteiger charge is 2.22. The number of carbonyl (C=O) groups is 1. The topological polar surface area (TPSA) is 57.5 Å². The van der Waals surface area contributed by atoms with Crippen LogP contribution in [0.5, 0.6) is 0 Å². The molecule has 0 fully saturated rings. The van der Waals surface area contributed by atoms with E-state index >= 15 is 0 Å². The van der Waals surface area contributed by atoms with Gasteiger partial charge in [0.2, 0.25) is 0 Å². The van der Waals surface area contributed by atoms with E-state index in [2.05, 4.69) is 6.92 Å². The zero-order valence-corrected chi connectivity index (χ0v) is 17.5. The second kappa shape index (κ2) is 8.10. The van der Waals surface area contributed by atoms with Crippen LogP contribution in [-0.4, -0.2) is 22.2 Å². The molecular weight excluding hydrogens is 378 g/mol. The van der Waals surface area contributed by atoms with Crippen LogP contribution in [0.4, 0.5) is 0 Å². The molecule has 0 unspecified atom stereocenters. The molecule has 3 rings (SSSR count). The molecule has 0 aliphatic carbocycles. The zero-order chi connectivity index (χ0) is 20.5. The molecule has 1 aromatic carbocycles. The van der Waals surface area contributed by atoms with Crippen LogP contribution in [0.1, 0.15) is 45.2 Å². The Hall–Kier alpha value is -2.11. The van der Waals surface area contributed by atoms with Gasteiger partial charge in [-0.2, -0.15) is 0 Å². The maximum absolute atomic E-state index is 12.7.